The van der Waals surface area contributed by atoms with Crippen LogP contribution in [0.15, 0.2) is 60.8 Å². The van der Waals surface area contributed by atoms with Gasteiger partial charge in [0.05, 0.1) is 17.4 Å². The highest BCUT2D eigenvalue weighted by Crippen LogP contribution is 2.21. The molecule has 1 heterocycles. The van der Waals surface area contributed by atoms with Gasteiger partial charge in [-0.15, -0.1) is 0 Å². The molecule has 0 spiro atoms. The Morgan fingerprint density at radius 1 is 1.04 bits per heavy atom. The molecule has 0 saturated carbocycles. The zero-order valence-electron chi connectivity index (χ0n) is 14.0. The van der Waals surface area contributed by atoms with Gasteiger partial charge in [0.2, 0.25) is 0 Å². The largest absolute Gasteiger partial charge is 0.354 e. The Bertz CT molecular complexity index is 907. The third kappa shape index (κ3) is 4.01. The fourth-order valence-corrected chi connectivity index (χ4v) is 2.48. The summed E-state index contributed by atoms with van der Waals surface area (Å²) < 4.78 is 13.6. The minimum absolute atomic E-state index is 0.0122. The van der Waals surface area contributed by atoms with Crippen molar-refractivity contribution in [2.24, 2.45) is 0 Å². The van der Waals surface area contributed by atoms with Crippen LogP contribution < -0.4 is 10.6 Å². The second kappa shape index (κ2) is 7.13. The third-order valence-electron chi connectivity index (χ3n) is 3.78. The van der Waals surface area contributed by atoms with E-state index in [0.29, 0.717) is 5.82 Å². The van der Waals surface area contributed by atoms with Gasteiger partial charge in [-0.05, 0) is 49.7 Å². The lowest BCUT2D eigenvalue weighted by atomic mass is 10.1. The molecular formula is C20H18FN3O. The lowest BCUT2D eigenvalue weighted by Crippen LogP contribution is -2.14. The molecule has 5 heteroatoms. The van der Waals surface area contributed by atoms with E-state index in [0.717, 1.165) is 16.9 Å². The number of aromatic nitrogens is 1. The maximum Gasteiger partial charge on any atom is 0.259 e. The van der Waals surface area contributed by atoms with E-state index in [1.807, 2.05) is 32.0 Å². The smallest absolute Gasteiger partial charge is 0.259 e. The minimum atomic E-state index is -0.562. The van der Waals surface area contributed by atoms with E-state index in [2.05, 4.69) is 21.7 Å². The Morgan fingerprint density at radius 3 is 2.52 bits per heavy atom. The average Bonchev–Trinajstić information content (AvgIpc) is 2.59. The quantitative estimate of drug-likeness (QED) is 0.718. The molecule has 0 saturated heterocycles. The van der Waals surface area contributed by atoms with E-state index in [9.17, 15) is 9.18 Å². The van der Waals surface area contributed by atoms with Gasteiger partial charge in [0.25, 0.3) is 5.91 Å². The van der Waals surface area contributed by atoms with Gasteiger partial charge in [-0.3, -0.25) is 4.79 Å². The number of carbonyl (C=O) groups is 1. The van der Waals surface area contributed by atoms with Crippen molar-refractivity contribution in [1.29, 1.82) is 0 Å². The molecule has 0 fully saturated rings. The van der Waals surface area contributed by atoms with Crippen LogP contribution in [-0.4, -0.2) is 10.9 Å². The fraction of sp³-hybridized carbons (Fsp3) is 0.100. The zero-order valence-corrected chi connectivity index (χ0v) is 14.0. The van der Waals surface area contributed by atoms with Crippen LogP contribution in [0.5, 0.6) is 0 Å². The molecule has 4 nitrogen and oxygen atoms in total. The van der Waals surface area contributed by atoms with Crippen molar-refractivity contribution in [3.63, 3.8) is 0 Å². The molecular weight excluding hydrogens is 317 g/mol. The summed E-state index contributed by atoms with van der Waals surface area (Å²) in [6, 6.07) is 15.5. The van der Waals surface area contributed by atoms with Gasteiger partial charge in [0, 0.05) is 5.69 Å². The Balaban J connectivity index is 1.70. The molecule has 0 aliphatic carbocycles. The van der Waals surface area contributed by atoms with E-state index < -0.39 is 11.7 Å². The number of nitrogens with one attached hydrogen (secondary N) is 2. The van der Waals surface area contributed by atoms with Crippen LogP contribution in [0.3, 0.4) is 0 Å². The topological polar surface area (TPSA) is 54.0 Å². The predicted molar refractivity (Wildman–Crippen MR) is 97.8 cm³/mol. The van der Waals surface area contributed by atoms with Gasteiger partial charge >= 0.3 is 0 Å². The van der Waals surface area contributed by atoms with E-state index in [-0.39, 0.29) is 5.56 Å². The highest BCUT2D eigenvalue weighted by Gasteiger charge is 2.11. The second-order valence-electron chi connectivity index (χ2n) is 5.81. The van der Waals surface area contributed by atoms with Crippen molar-refractivity contribution in [2.75, 3.05) is 10.6 Å². The van der Waals surface area contributed by atoms with Gasteiger partial charge in [0.15, 0.2) is 0 Å². The third-order valence-corrected chi connectivity index (χ3v) is 3.78. The SMILES string of the molecule is Cc1ccc(Nc2ccc(NC(=O)c3ccccc3F)nc2)c(C)c1. The van der Waals surface area contributed by atoms with Crippen molar-refractivity contribution in [2.45, 2.75) is 13.8 Å². The normalized spacial score (nSPS) is 10.4. The molecule has 0 atom stereocenters. The molecule has 1 amide bonds. The van der Waals surface area contributed by atoms with E-state index >= 15 is 0 Å². The van der Waals surface area contributed by atoms with Crippen molar-refractivity contribution >= 4 is 23.1 Å². The molecule has 1 aromatic heterocycles. The van der Waals surface area contributed by atoms with Crippen LogP contribution >= 0.6 is 0 Å². The fourth-order valence-electron chi connectivity index (χ4n) is 2.48. The van der Waals surface area contributed by atoms with E-state index in [4.69, 9.17) is 0 Å². The average molecular weight is 335 g/mol. The first-order chi connectivity index (χ1) is 12.0. The lowest BCUT2D eigenvalue weighted by Gasteiger charge is -2.11. The second-order valence-corrected chi connectivity index (χ2v) is 5.81. The molecule has 2 N–H and O–H groups in total. The first kappa shape index (κ1) is 16.6. The van der Waals surface area contributed by atoms with Crippen molar-refractivity contribution < 1.29 is 9.18 Å². The molecule has 0 radical (unpaired) electrons. The van der Waals surface area contributed by atoms with Crippen LogP contribution in [0.2, 0.25) is 0 Å². The van der Waals surface area contributed by atoms with Crippen LogP contribution in [-0.2, 0) is 0 Å². The number of benzene rings is 2. The summed E-state index contributed by atoms with van der Waals surface area (Å²) in [5, 5.41) is 5.88. The molecule has 0 aliphatic rings. The first-order valence-corrected chi connectivity index (χ1v) is 7.89. The number of rotatable bonds is 4. The van der Waals surface area contributed by atoms with Gasteiger partial charge in [-0.1, -0.05) is 29.8 Å². The Labute approximate surface area is 145 Å². The number of anilines is 3. The monoisotopic (exact) mass is 335 g/mol. The number of pyridine rings is 1. The van der Waals surface area contributed by atoms with Crippen molar-refractivity contribution in [1.82, 2.24) is 4.98 Å². The number of halogens is 1. The van der Waals surface area contributed by atoms with Crippen LogP contribution in [0.4, 0.5) is 21.6 Å². The molecule has 0 aliphatic heterocycles. The van der Waals surface area contributed by atoms with Gasteiger partial charge in [0.1, 0.15) is 11.6 Å². The number of amides is 1. The lowest BCUT2D eigenvalue weighted by molar-refractivity contribution is 0.102. The van der Waals surface area contributed by atoms with Crippen LogP contribution in [0.25, 0.3) is 0 Å². The van der Waals surface area contributed by atoms with E-state index in [1.54, 1.807) is 18.3 Å². The van der Waals surface area contributed by atoms with Crippen LogP contribution in [0.1, 0.15) is 21.5 Å². The molecule has 2 aromatic carbocycles. The Morgan fingerprint density at radius 2 is 1.84 bits per heavy atom. The van der Waals surface area contributed by atoms with Gasteiger partial charge in [-0.25, -0.2) is 9.37 Å². The van der Waals surface area contributed by atoms with Crippen LogP contribution in [0, 0.1) is 19.7 Å². The van der Waals surface area contributed by atoms with Crippen molar-refractivity contribution in [3.8, 4) is 0 Å². The maximum absolute atomic E-state index is 13.6. The molecule has 3 aromatic rings. The number of aryl methyl sites for hydroxylation is 2. The minimum Gasteiger partial charge on any atom is -0.354 e. The molecule has 25 heavy (non-hydrogen) atoms. The number of hydrogen-bond donors (Lipinski definition) is 2. The maximum atomic E-state index is 13.6. The molecule has 0 unspecified atom stereocenters. The predicted octanol–water partition coefficient (Wildman–Crippen LogP) is 4.83. The Kier molecular flexibility index (Phi) is 4.75. The summed E-state index contributed by atoms with van der Waals surface area (Å²) in [6.07, 6.45) is 1.62. The standard InChI is InChI=1S/C20H18FN3O/c1-13-7-9-18(14(2)11-13)23-15-8-10-19(22-12-15)24-20(25)16-5-3-4-6-17(16)21/h3-12,23H,1-2H3,(H,22,24,25). The Hall–Kier alpha value is -3.21. The first-order valence-electron chi connectivity index (χ1n) is 7.89. The highest BCUT2D eigenvalue weighted by atomic mass is 19.1. The summed E-state index contributed by atoms with van der Waals surface area (Å²) in [5.41, 5.74) is 4.12. The number of nitrogens with zero attached hydrogens (tertiary/aromatic N) is 1. The summed E-state index contributed by atoms with van der Waals surface area (Å²) in [6.45, 7) is 4.08. The zero-order chi connectivity index (χ0) is 17.8. The van der Waals surface area contributed by atoms with Gasteiger partial charge in [-0.2, -0.15) is 0 Å². The molecule has 3 rings (SSSR count). The molecule has 126 valence electrons. The highest BCUT2D eigenvalue weighted by molar-refractivity contribution is 6.03. The summed E-state index contributed by atoms with van der Waals surface area (Å²) in [4.78, 5) is 16.3. The summed E-state index contributed by atoms with van der Waals surface area (Å²) >= 11 is 0. The summed E-state index contributed by atoms with van der Waals surface area (Å²) in [7, 11) is 0. The van der Waals surface area contributed by atoms with E-state index in [1.165, 1.54) is 23.8 Å². The molecule has 0 bridgehead atoms. The van der Waals surface area contributed by atoms with Crippen molar-refractivity contribution in [3.05, 3.63) is 83.3 Å². The number of carbonyl (C=O) groups excluding carboxylic acids is 1. The number of hydrogen-bond acceptors (Lipinski definition) is 3. The summed E-state index contributed by atoms with van der Waals surface area (Å²) in [5.74, 6) is -0.728. The van der Waals surface area contributed by atoms with Gasteiger partial charge < -0.3 is 10.6 Å².